The minimum Gasteiger partial charge on any atom is -0.448 e. The van der Waals surface area contributed by atoms with Crippen molar-refractivity contribution in [2.45, 2.75) is 26.5 Å². The maximum Gasteiger partial charge on any atom is 0.411 e. The van der Waals surface area contributed by atoms with Crippen molar-refractivity contribution < 1.29 is 17.9 Å². The number of sulfone groups is 1. The minimum atomic E-state index is -3.39. The standard InChI is InChI=1S/C23H30N2O4S/c1-5-19-8-10-20(11-9-19)17-30(27,28)15-14-29-23(26)24-22-13-12-21(16-18(22)4)25(6-2)7-3/h5,8-13,16H,1,6-7,14-15,17H2,2-4H3,(H,24,26). The fraction of sp³-hybridized carbons (Fsp3) is 0.348. The molecule has 0 heterocycles. The SMILES string of the molecule is C=Cc1ccc(CS(=O)(=O)CCOC(=O)Nc2ccc(N(CC)CC)cc2C)cc1. The number of benzene rings is 2. The van der Waals surface area contributed by atoms with Crippen molar-refractivity contribution in [2.24, 2.45) is 0 Å². The minimum absolute atomic E-state index is 0.0959. The zero-order valence-electron chi connectivity index (χ0n) is 17.8. The van der Waals surface area contributed by atoms with Crippen LogP contribution in [0.4, 0.5) is 16.2 Å². The lowest BCUT2D eigenvalue weighted by molar-refractivity contribution is 0.168. The number of rotatable bonds is 10. The summed E-state index contributed by atoms with van der Waals surface area (Å²) in [6, 6.07) is 12.9. The third kappa shape index (κ3) is 6.91. The number of carbonyl (C=O) groups excluding carboxylic acids is 1. The number of nitrogens with one attached hydrogen (secondary N) is 1. The van der Waals surface area contributed by atoms with Crippen molar-refractivity contribution in [1.29, 1.82) is 0 Å². The second-order valence-electron chi connectivity index (χ2n) is 6.97. The van der Waals surface area contributed by atoms with Gasteiger partial charge < -0.3 is 9.64 Å². The molecule has 0 spiro atoms. The molecular weight excluding hydrogens is 400 g/mol. The van der Waals surface area contributed by atoms with E-state index < -0.39 is 15.9 Å². The van der Waals surface area contributed by atoms with Gasteiger partial charge in [0.2, 0.25) is 0 Å². The first-order valence-corrected chi connectivity index (χ1v) is 11.8. The molecule has 2 aromatic rings. The predicted octanol–water partition coefficient (Wildman–Crippen LogP) is 4.65. The summed E-state index contributed by atoms with van der Waals surface area (Å²) < 4.78 is 29.6. The summed E-state index contributed by atoms with van der Waals surface area (Å²) in [7, 11) is -3.39. The third-order valence-corrected chi connectivity index (χ3v) is 6.37. The lowest BCUT2D eigenvalue weighted by Crippen LogP contribution is -2.22. The van der Waals surface area contributed by atoms with Gasteiger partial charge in [-0.3, -0.25) is 5.32 Å². The first kappa shape index (κ1) is 23.5. The van der Waals surface area contributed by atoms with Gasteiger partial charge in [-0.15, -0.1) is 0 Å². The molecule has 0 aliphatic heterocycles. The fourth-order valence-corrected chi connectivity index (χ4v) is 4.24. The molecule has 7 heteroatoms. The number of ether oxygens (including phenoxy) is 1. The van der Waals surface area contributed by atoms with E-state index in [1.54, 1.807) is 18.2 Å². The molecule has 0 atom stereocenters. The maximum absolute atomic E-state index is 12.3. The molecule has 162 valence electrons. The average Bonchev–Trinajstić information content (AvgIpc) is 2.71. The van der Waals surface area contributed by atoms with Crippen molar-refractivity contribution in [3.8, 4) is 0 Å². The molecule has 0 aliphatic carbocycles. The highest BCUT2D eigenvalue weighted by atomic mass is 32.2. The monoisotopic (exact) mass is 430 g/mol. The number of carbonyl (C=O) groups is 1. The van der Waals surface area contributed by atoms with Crippen molar-refractivity contribution >= 4 is 33.4 Å². The molecule has 0 aliphatic rings. The Bertz CT molecular complexity index is 965. The Kier molecular flexibility index (Phi) is 8.47. The van der Waals surface area contributed by atoms with Crippen LogP contribution in [0.1, 0.15) is 30.5 Å². The summed E-state index contributed by atoms with van der Waals surface area (Å²) in [6.07, 6.45) is 1.03. The second-order valence-corrected chi connectivity index (χ2v) is 9.15. The molecule has 0 aromatic heterocycles. The van der Waals surface area contributed by atoms with Gasteiger partial charge in [0.25, 0.3) is 0 Å². The van der Waals surface area contributed by atoms with Gasteiger partial charge in [-0.05, 0) is 55.7 Å². The molecule has 0 bridgehead atoms. The Morgan fingerprint density at radius 2 is 1.80 bits per heavy atom. The first-order chi connectivity index (χ1) is 14.3. The number of hydrogen-bond donors (Lipinski definition) is 1. The van der Waals surface area contributed by atoms with Crippen LogP contribution in [-0.4, -0.2) is 40.0 Å². The smallest absolute Gasteiger partial charge is 0.411 e. The van der Waals surface area contributed by atoms with Crippen LogP contribution in [0.5, 0.6) is 0 Å². The van der Waals surface area contributed by atoms with Crippen LogP contribution < -0.4 is 10.2 Å². The lowest BCUT2D eigenvalue weighted by atomic mass is 10.1. The van der Waals surface area contributed by atoms with E-state index in [1.165, 1.54) is 0 Å². The molecule has 0 saturated heterocycles. The highest BCUT2D eigenvalue weighted by molar-refractivity contribution is 7.90. The van der Waals surface area contributed by atoms with Crippen LogP contribution in [0.15, 0.2) is 49.0 Å². The van der Waals surface area contributed by atoms with E-state index in [0.717, 1.165) is 29.9 Å². The largest absolute Gasteiger partial charge is 0.448 e. The summed E-state index contributed by atoms with van der Waals surface area (Å²) in [5.74, 6) is -0.329. The number of nitrogens with zero attached hydrogens (tertiary/aromatic N) is 1. The van der Waals surface area contributed by atoms with E-state index in [-0.39, 0.29) is 18.1 Å². The summed E-state index contributed by atoms with van der Waals surface area (Å²) in [5.41, 5.74) is 4.25. The molecule has 0 saturated carbocycles. The zero-order chi connectivity index (χ0) is 22.1. The Morgan fingerprint density at radius 3 is 2.37 bits per heavy atom. The number of aryl methyl sites for hydroxylation is 1. The van der Waals surface area contributed by atoms with E-state index in [2.05, 4.69) is 30.6 Å². The van der Waals surface area contributed by atoms with E-state index >= 15 is 0 Å². The Morgan fingerprint density at radius 1 is 1.13 bits per heavy atom. The van der Waals surface area contributed by atoms with E-state index in [4.69, 9.17) is 4.74 Å². The molecule has 6 nitrogen and oxygen atoms in total. The van der Waals surface area contributed by atoms with Gasteiger partial charge in [-0.1, -0.05) is 36.9 Å². The number of anilines is 2. The molecule has 30 heavy (non-hydrogen) atoms. The maximum atomic E-state index is 12.3. The van der Waals surface area contributed by atoms with Crippen LogP contribution in [0, 0.1) is 6.92 Å². The zero-order valence-corrected chi connectivity index (χ0v) is 18.7. The van der Waals surface area contributed by atoms with Crippen molar-refractivity contribution in [3.05, 3.63) is 65.7 Å². The molecule has 2 rings (SSSR count). The van der Waals surface area contributed by atoms with Crippen LogP contribution in [0.3, 0.4) is 0 Å². The lowest BCUT2D eigenvalue weighted by Gasteiger charge is -2.22. The Balaban J connectivity index is 1.86. The summed E-state index contributed by atoms with van der Waals surface area (Å²) in [5, 5.41) is 2.68. The van der Waals surface area contributed by atoms with Crippen LogP contribution in [-0.2, 0) is 20.3 Å². The predicted molar refractivity (Wildman–Crippen MR) is 124 cm³/mol. The highest BCUT2D eigenvalue weighted by Crippen LogP contribution is 2.22. The topological polar surface area (TPSA) is 75.7 Å². The molecular formula is C23H30N2O4S. The van der Waals surface area contributed by atoms with Crippen molar-refractivity contribution in [2.75, 3.05) is 35.7 Å². The van der Waals surface area contributed by atoms with Gasteiger partial charge >= 0.3 is 6.09 Å². The molecule has 0 unspecified atom stereocenters. The molecule has 1 N–H and O–H groups in total. The van der Waals surface area contributed by atoms with Crippen LogP contribution >= 0.6 is 0 Å². The van der Waals surface area contributed by atoms with Gasteiger partial charge in [-0.25, -0.2) is 13.2 Å². The van der Waals surface area contributed by atoms with Crippen LogP contribution in [0.25, 0.3) is 6.08 Å². The van der Waals surface area contributed by atoms with Crippen LogP contribution in [0.2, 0.25) is 0 Å². The molecule has 1 amide bonds. The number of amides is 1. The summed E-state index contributed by atoms with van der Waals surface area (Å²) in [6.45, 7) is 11.4. The van der Waals surface area contributed by atoms with Gasteiger partial charge in [0.05, 0.1) is 11.5 Å². The fourth-order valence-electron chi connectivity index (χ4n) is 3.06. The molecule has 2 aromatic carbocycles. The van der Waals surface area contributed by atoms with Gasteiger partial charge in [0.15, 0.2) is 9.84 Å². The van der Waals surface area contributed by atoms with Crippen molar-refractivity contribution in [1.82, 2.24) is 0 Å². The van der Waals surface area contributed by atoms with Gasteiger partial charge in [-0.2, -0.15) is 0 Å². The van der Waals surface area contributed by atoms with E-state index in [0.29, 0.717) is 11.3 Å². The third-order valence-electron chi connectivity index (χ3n) is 4.80. The summed E-state index contributed by atoms with van der Waals surface area (Å²) in [4.78, 5) is 14.3. The summed E-state index contributed by atoms with van der Waals surface area (Å²) >= 11 is 0. The molecule has 0 fully saturated rings. The van der Waals surface area contributed by atoms with E-state index in [9.17, 15) is 13.2 Å². The normalized spacial score (nSPS) is 11.0. The Labute approximate surface area is 179 Å². The average molecular weight is 431 g/mol. The highest BCUT2D eigenvalue weighted by Gasteiger charge is 2.14. The quantitative estimate of drug-likeness (QED) is 0.594. The second kappa shape index (κ2) is 10.8. The molecule has 0 radical (unpaired) electrons. The first-order valence-electron chi connectivity index (χ1n) is 9.99. The number of hydrogen-bond acceptors (Lipinski definition) is 5. The van der Waals surface area contributed by atoms with Crippen molar-refractivity contribution in [3.63, 3.8) is 0 Å². The van der Waals surface area contributed by atoms with Gasteiger partial charge in [0.1, 0.15) is 6.61 Å². The Hall–Kier alpha value is -2.80. The van der Waals surface area contributed by atoms with E-state index in [1.807, 2.05) is 37.3 Å². The van der Waals surface area contributed by atoms with Gasteiger partial charge in [0, 0.05) is 24.5 Å².